The van der Waals surface area contributed by atoms with Crippen molar-refractivity contribution < 1.29 is 27.5 Å². The van der Waals surface area contributed by atoms with E-state index >= 15 is 0 Å². The summed E-state index contributed by atoms with van der Waals surface area (Å²) in [6.45, 7) is 2.24. The Hall–Kier alpha value is -2.29. The van der Waals surface area contributed by atoms with E-state index in [1.54, 1.807) is 25.1 Å². The molecule has 2 heterocycles. The lowest BCUT2D eigenvalue weighted by Crippen LogP contribution is -2.49. The molecule has 2 aliphatic rings. The van der Waals surface area contributed by atoms with Crippen molar-refractivity contribution in [3.05, 3.63) is 23.8 Å². The maximum atomic E-state index is 12.8. The van der Waals surface area contributed by atoms with Crippen LogP contribution in [0.15, 0.2) is 18.2 Å². The normalized spacial score (nSPS) is 20.1. The molecule has 0 aromatic heterocycles. The predicted octanol–water partition coefficient (Wildman–Crippen LogP) is 0.569. The maximum Gasteiger partial charge on any atom is 0.254 e. The molecule has 2 atom stereocenters. The van der Waals surface area contributed by atoms with Gasteiger partial charge in [0.05, 0.1) is 5.75 Å². The molecule has 142 valence electrons. The maximum absolute atomic E-state index is 12.8. The number of amides is 2. The van der Waals surface area contributed by atoms with Gasteiger partial charge in [0.25, 0.3) is 5.91 Å². The summed E-state index contributed by atoms with van der Waals surface area (Å²) in [6.07, 6.45) is 2.39. The van der Waals surface area contributed by atoms with E-state index in [1.807, 2.05) is 0 Å². The van der Waals surface area contributed by atoms with Crippen LogP contribution in [0, 0.1) is 0 Å². The van der Waals surface area contributed by atoms with E-state index in [4.69, 9.17) is 9.47 Å². The zero-order valence-electron chi connectivity index (χ0n) is 14.7. The lowest BCUT2D eigenvalue weighted by Gasteiger charge is -2.25. The molecule has 26 heavy (non-hydrogen) atoms. The van der Waals surface area contributed by atoms with Gasteiger partial charge in [0, 0.05) is 24.4 Å². The monoisotopic (exact) mass is 382 g/mol. The summed E-state index contributed by atoms with van der Waals surface area (Å²) in [6, 6.07) is 3.82. The highest BCUT2D eigenvalue weighted by atomic mass is 32.2. The van der Waals surface area contributed by atoms with Gasteiger partial charge in [-0.1, -0.05) is 0 Å². The fraction of sp³-hybridized carbons (Fsp3) is 0.529. The van der Waals surface area contributed by atoms with Crippen LogP contribution < -0.4 is 14.8 Å². The molecule has 0 spiro atoms. The number of ether oxygens (including phenoxy) is 2. The van der Waals surface area contributed by atoms with Crippen LogP contribution in [0.3, 0.4) is 0 Å². The summed E-state index contributed by atoms with van der Waals surface area (Å²) >= 11 is 0. The van der Waals surface area contributed by atoms with Crippen molar-refractivity contribution in [2.45, 2.75) is 31.8 Å². The van der Waals surface area contributed by atoms with Crippen LogP contribution in [-0.4, -0.2) is 62.6 Å². The number of carbonyl (C=O) groups is 2. The Labute approximate surface area is 152 Å². The van der Waals surface area contributed by atoms with E-state index in [2.05, 4.69) is 5.32 Å². The number of nitrogens with zero attached hydrogens (tertiary/aromatic N) is 1. The number of likely N-dealkylation sites (tertiary alicyclic amines) is 1. The topological polar surface area (TPSA) is 102 Å². The fourth-order valence-electron chi connectivity index (χ4n) is 3.31. The molecule has 1 N–H and O–H groups in total. The standard InChI is InChI=1S/C17H22N2O6S/c1-11(9-26(2,22)23)18-16(20)13-4-3-7-19(13)17(21)12-5-6-14-15(8-12)25-10-24-14/h5-6,8,11,13H,3-4,7,9-10H2,1-2H3,(H,18,20). The lowest BCUT2D eigenvalue weighted by atomic mass is 10.1. The summed E-state index contributed by atoms with van der Waals surface area (Å²) in [4.78, 5) is 26.9. The molecule has 1 fully saturated rings. The van der Waals surface area contributed by atoms with Crippen molar-refractivity contribution >= 4 is 21.7 Å². The van der Waals surface area contributed by atoms with E-state index in [1.165, 1.54) is 4.90 Å². The first-order valence-corrected chi connectivity index (χ1v) is 10.5. The van der Waals surface area contributed by atoms with Crippen LogP contribution in [0.1, 0.15) is 30.1 Å². The number of carbonyl (C=O) groups excluding carboxylic acids is 2. The Morgan fingerprint density at radius 1 is 1.31 bits per heavy atom. The van der Waals surface area contributed by atoms with Gasteiger partial charge in [-0.2, -0.15) is 0 Å². The summed E-state index contributed by atoms with van der Waals surface area (Å²) in [5.41, 5.74) is 0.429. The van der Waals surface area contributed by atoms with Gasteiger partial charge in [0.2, 0.25) is 12.7 Å². The molecule has 1 aromatic carbocycles. The molecule has 8 nitrogen and oxygen atoms in total. The van der Waals surface area contributed by atoms with Crippen molar-refractivity contribution in [3.63, 3.8) is 0 Å². The third kappa shape index (κ3) is 4.09. The Morgan fingerprint density at radius 3 is 2.77 bits per heavy atom. The average Bonchev–Trinajstić information content (AvgIpc) is 3.20. The molecule has 2 amide bonds. The first kappa shape index (κ1) is 18.5. The molecule has 0 bridgehead atoms. The molecular formula is C17H22N2O6S. The molecule has 0 saturated carbocycles. The number of hydrogen-bond acceptors (Lipinski definition) is 6. The van der Waals surface area contributed by atoms with Gasteiger partial charge in [-0.15, -0.1) is 0 Å². The summed E-state index contributed by atoms with van der Waals surface area (Å²) in [5, 5.41) is 2.70. The third-order valence-electron chi connectivity index (χ3n) is 4.38. The van der Waals surface area contributed by atoms with Crippen molar-refractivity contribution in [1.29, 1.82) is 0 Å². The smallest absolute Gasteiger partial charge is 0.254 e. The molecule has 0 aliphatic carbocycles. The van der Waals surface area contributed by atoms with Gasteiger partial charge < -0.3 is 19.7 Å². The Morgan fingerprint density at radius 2 is 2.04 bits per heavy atom. The SMILES string of the molecule is CC(CS(C)(=O)=O)NC(=O)C1CCCN1C(=O)c1ccc2c(c1)OCO2. The van der Waals surface area contributed by atoms with Gasteiger partial charge >= 0.3 is 0 Å². The van der Waals surface area contributed by atoms with Crippen molar-refractivity contribution in [3.8, 4) is 11.5 Å². The number of rotatable bonds is 5. The number of benzene rings is 1. The second kappa shape index (κ2) is 7.14. The first-order valence-electron chi connectivity index (χ1n) is 8.43. The molecule has 0 radical (unpaired) electrons. The zero-order chi connectivity index (χ0) is 18.9. The van der Waals surface area contributed by atoms with Gasteiger partial charge in [-0.05, 0) is 38.0 Å². The Balaban J connectivity index is 1.69. The van der Waals surface area contributed by atoms with E-state index in [-0.39, 0.29) is 24.4 Å². The molecule has 2 unspecified atom stereocenters. The second-order valence-corrected chi connectivity index (χ2v) is 8.91. The first-order chi connectivity index (χ1) is 12.2. The highest BCUT2D eigenvalue weighted by molar-refractivity contribution is 7.90. The molecule has 1 saturated heterocycles. The Bertz CT molecular complexity index is 823. The minimum Gasteiger partial charge on any atom is -0.454 e. The van der Waals surface area contributed by atoms with Crippen LogP contribution >= 0.6 is 0 Å². The number of sulfone groups is 1. The van der Waals surface area contributed by atoms with Crippen molar-refractivity contribution in [2.75, 3.05) is 25.3 Å². The molecular weight excluding hydrogens is 360 g/mol. The van der Waals surface area contributed by atoms with Crippen molar-refractivity contribution in [2.24, 2.45) is 0 Å². The second-order valence-electron chi connectivity index (χ2n) is 6.73. The van der Waals surface area contributed by atoms with Crippen LogP contribution in [-0.2, 0) is 14.6 Å². The van der Waals surface area contributed by atoms with E-state index in [0.717, 1.165) is 12.7 Å². The van der Waals surface area contributed by atoms with Crippen LogP contribution in [0.25, 0.3) is 0 Å². The third-order valence-corrected chi connectivity index (χ3v) is 5.48. The molecule has 3 rings (SSSR count). The van der Waals surface area contributed by atoms with Gasteiger partial charge in [-0.3, -0.25) is 9.59 Å². The quantitative estimate of drug-likeness (QED) is 0.799. The van der Waals surface area contributed by atoms with Crippen LogP contribution in [0.4, 0.5) is 0 Å². The van der Waals surface area contributed by atoms with E-state index in [0.29, 0.717) is 30.0 Å². The zero-order valence-corrected chi connectivity index (χ0v) is 15.5. The lowest BCUT2D eigenvalue weighted by molar-refractivity contribution is -0.125. The van der Waals surface area contributed by atoms with Gasteiger partial charge in [0.15, 0.2) is 11.5 Å². The minimum absolute atomic E-state index is 0.125. The largest absolute Gasteiger partial charge is 0.454 e. The number of fused-ring (bicyclic) bond motifs is 1. The van der Waals surface area contributed by atoms with Crippen molar-refractivity contribution in [1.82, 2.24) is 10.2 Å². The summed E-state index contributed by atoms with van der Waals surface area (Å²) in [5.74, 6) is 0.385. The predicted molar refractivity (Wildman–Crippen MR) is 93.9 cm³/mol. The number of hydrogen-bond donors (Lipinski definition) is 1. The van der Waals surface area contributed by atoms with Crippen LogP contribution in [0.5, 0.6) is 11.5 Å². The van der Waals surface area contributed by atoms with E-state index in [9.17, 15) is 18.0 Å². The average molecular weight is 382 g/mol. The fourth-order valence-corrected chi connectivity index (χ4v) is 4.30. The summed E-state index contributed by atoms with van der Waals surface area (Å²) < 4.78 is 33.3. The highest BCUT2D eigenvalue weighted by Gasteiger charge is 2.35. The molecule has 9 heteroatoms. The van der Waals surface area contributed by atoms with Gasteiger partial charge in [0.1, 0.15) is 15.9 Å². The van der Waals surface area contributed by atoms with Crippen LogP contribution in [0.2, 0.25) is 0 Å². The minimum atomic E-state index is -3.19. The van der Waals surface area contributed by atoms with E-state index < -0.39 is 21.9 Å². The number of nitrogens with one attached hydrogen (secondary N) is 1. The molecule has 1 aromatic rings. The van der Waals surface area contributed by atoms with Gasteiger partial charge in [-0.25, -0.2) is 8.42 Å². The molecule has 2 aliphatic heterocycles. The summed E-state index contributed by atoms with van der Waals surface area (Å²) in [7, 11) is -3.19. The Kier molecular flexibility index (Phi) is 5.08. The highest BCUT2D eigenvalue weighted by Crippen LogP contribution is 2.33.